The number of rotatable bonds is 2. The zero-order valence-electron chi connectivity index (χ0n) is 9.91. The zero-order chi connectivity index (χ0) is 11.7. The summed E-state index contributed by atoms with van der Waals surface area (Å²) in [5.41, 5.74) is 7.72. The lowest BCUT2D eigenvalue weighted by Gasteiger charge is -2.21. The van der Waals surface area contributed by atoms with Crippen molar-refractivity contribution in [3.8, 4) is 0 Å². The van der Waals surface area contributed by atoms with Crippen molar-refractivity contribution in [2.75, 3.05) is 12.3 Å². The minimum Gasteiger partial charge on any atom is -0.399 e. The minimum absolute atomic E-state index is 0.646. The molecule has 0 spiro atoms. The molecule has 0 radical (unpaired) electrons. The monoisotopic (exact) mass is 238 g/mol. The lowest BCUT2D eigenvalue weighted by atomic mass is 10.1. The number of hydrogen-bond donors (Lipinski definition) is 1. The molecule has 3 heteroatoms. The summed E-state index contributed by atoms with van der Waals surface area (Å²) >= 11 is 6.18. The van der Waals surface area contributed by atoms with Crippen LogP contribution in [0.3, 0.4) is 0 Å². The highest BCUT2D eigenvalue weighted by Crippen LogP contribution is 2.27. The van der Waals surface area contributed by atoms with Crippen molar-refractivity contribution in [1.29, 1.82) is 0 Å². The van der Waals surface area contributed by atoms with E-state index in [0.29, 0.717) is 6.04 Å². The number of hydrogen-bond acceptors (Lipinski definition) is 2. The Balaban J connectivity index is 2.11. The van der Waals surface area contributed by atoms with Crippen LogP contribution in [-0.4, -0.2) is 17.5 Å². The second kappa shape index (κ2) is 4.64. The van der Waals surface area contributed by atoms with Crippen molar-refractivity contribution in [2.45, 2.75) is 32.9 Å². The molecule has 1 fully saturated rings. The van der Waals surface area contributed by atoms with E-state index in [4.69, 9.17) is 17.3 Å². The second-order valence-corrected chi connectivity index (χ2v) is 5.38. The van der Waals surface area contributed by atoms with Gasteiger partial charge in [-0.1, -0.05) is 18.5 Å². The Morgan fingerprint density at radius 3 is 2.81 bits per heavy atom. The van der Waals surface area contributed by atoms with E-state index >= 15 is 0 Å². The standard InChI is InChI=1S/C13H19ClN2/c1-9-5-10(2)16(7-9)8-11-6-12(15)3-4-13(11)14/h3-4,6,9-10H,5,7-8,15H2,1-2H3. The van der Waals surface area contributed by atoms with Crippen LogP contribution >= 0.6 is 11.6 Å². The summed E-state index contributed by atoms with van der Waals surface area (Å²) in [4.78, 5) is 2.48. The predicted molar refractivity (Wildman–Crippen MR) is 69.5 cm³/mol. The van der Waals surface area contributed by atoms with Crippen molar-refractivity contribution in [2.24, 2.45) is 5.92 Å². The first-order valence-corrected chi connectivity index (χ1v) is 6.22. The number of nitrogens with two attached hydrogens (primary N) is 1. The molecular weight excluding hydrogens is 220 g/mol. The smallest absolute Gasteiger partial charge is 0.0452 e. The van der Waals surface area contributed by atoms with Crippen LogP contribution in [0, 0.1) is 5.92 Å². The fourth-order valence-electron chi connectivity index (χ4n) is 2.54. The van der Waals surface area contributed by atoms with E-state index in [2.05, 4.69) is 18.7 Å². The van der Waals surface area contributed by atoms with Crippen molar-refractivity contribution in [3.05, 3.63) is 28.8 Å². The molecule has 0 amide bonds. The average Bonchev–Trinajstić information content (AvgIpc) is 2.51. The molecule has 1 saturated heterocycles. The summed E-state index contributed by atoms with van der Waals surface area (Å²) < 4.78 is 0. The SMILES string of the molecule is CC1CC(C)N(Cc2cc(N)ccc2Cl)C1. The summed E-state index contributed by atoms with van der Waals surface area (Å²) in [7, 11) is 0. The van der Waals surface area contributed by atoms with Crippen molar-refractivity contribution in [3.63, 3.8) is 0 Å². The van der Waals surface area contributed by atoms with Gasteiger partial charge in [-0.05, 0) is 43.0 Å². The molecule has 2 N–H and O–H groups in total. The number of likely N-dealkylation sites (tertiary alicyclic amines) is 1. The van der Waals surface area contributed by atoms with Gasteiger partial charge in [0.25, 0.3) is 0 Å². The molecule has 16 heavy (non-hydrogen) atoms. The molecule has 0 bridgehead atoms. The Hall–Kier alpha value is -0.730. The fraction of sp³-hybridized carbons (Fsp3) is 0.538. The first kappa shape index (κ1) is 11.7. The molecule has 88 valence electrons. The van der Waals surface area contributed by atoms with Crippen LogP contribution in [0.25, 0.3) is 0 Å². The van der Waals surface area contributed by atoms with Crippen LogP contribution in [-0.2, 0) is 6.54 Å². The molecule has 1 aliphatic heterocycles. The third-order valence-electron chi connectivity index (χ3n) is 3.36. The van der Waals surface area contributed by atoms with Crippen molar-refractivity contribution >= 4 is 17.3 Å². The maximum atomic E-state index is 6.18. The normalized spacial score (nSPS) is 26.2. The Morgan fingerprint density at radius 2 is 2.19 bits per heavy atom. The quantitative estimate of drug-likeness (QED) is 0.802. The molecule has 1 heterocycles. The summed E-state index contributed by atoms with van der Waals surface area (Å²) in [6, 6.07) is 6.36. The number of nitrogens with zero attached hydrogens (tertiary/aromatic N) is 1. The summed E-state index contributed by atoms with van der Waals surface area (Å²) in [5, 5.41) is 0.820. The van der Waals surface area contributed by atoms with Crippen LogP contribution in [0.1, 0.15) is 25.8 Å². The minimum atomic E-state index is 0.646. The lowest BCUT2D eigenvalue weighted by molar-refractivity contribution is 0.257. The Labute approximate surface area is 102 Å². The van der Waals surface area contributed by atoms with Gasteiger partial charge in [0.1, 0.15) is 0 Å². The molecule has 1 aliphatic rings. The number of nitrogen functional groups attached to an aromatic ring is 1. The van der Waals surface area contributed by atoms with Gasteiger partial charge in [0.05, 0.1) is 0 Å². The third-order valence-corrected chi connectivity index (χ3v) is 3.72. The highest BCUT2D eigenvalue weighted by Gasteiger charge is 2.26. The summed E-state index contributed by atoms with van der Waals surface area (Å²) in [5.74, 6) is 0.787. The van der Waals surface area contributed by atoms with Gasteiger partial charge in [0, 0.05) is 29.8 Å². The van der Waals surface area contributed by atoms with Gasteiger partial charge >= 0.3 is 0 Å². The van der Waals surface area contributed by atoms with Crippen LogP contribution < -0.4 is 5.73 Å². The maximum absolute atomic E-state index is 6.18. The molecule has 0 saturated carbocycles. The highest BCUT2D eigenvalue weighted by molar-refractivity contribution is 6.31. The molecule has 0 aromatic heterocycles. The topological polar surface area (TPSA) is 29.3 Å². The van der Waals surface area contributed by atoms with Gasteiger partial charge in [-0.2, -0.15) is 0 Å². The fourth-order valence-corrected chi connectivity index (χ4v) is 2.72. The Kier molecular flexibility index (Phi) is 3.41. The largest absolute Gasteiger partial charge is 0.399 e. The van der Waals surface area contributed by atoms with E-state index in [1.54, 1.807) is 0 Å². The van der Waals surface area contributed by atoms with Crippen molar-refractivity contribution in [1.82, 2.24) is 4.90 Å². The van der Waals surface area contributed by atoms with E-state index in [0.717, 1.165) is 35.3 Å². The molecule has 2 nitrogen and oxygen atoms in total. The second-order valence-electron chi connectivity index (χ2n) is 4.97. The lowest BCUT2D eigenvalue weighted by Crippen LogP contribution is -2.26. The number of benzene rings is 1. The molecule has 0 aliphatic carbocycles. The number of anilines is 1. The summed E-state index contributed by atoms with van der Waals surface area (Å²) in [6.07, 6.45) is 1.28. The van der Waals surface area contributed by atoms with E-state index < -0.39 is 0 Å². The van der Waals surface area contributed by atoms with Gasteiger partial charge < -0.3 is 5.73 Å². The van der Waals surface area contributed by atoms with Crippen LogP contribution in [0.4, 0.5) is 5.69 Å². The van der Waals surface area contributed by atoms with Gasteiger partial charge in [-0.25, -0.2) is 0 Å². The van der Waals surface area contributed by atoms with Gasteiger partial charge in [-0.3, -0.25) is 4.90 Å². The Bertz CT molecular complexity index is 378. The highest BCUT2D eigenvalue weighted by atomic mass is 35.5. The molecule has 1 aromatic carbocycles. The van der Waals surface area contributed by atoms with Crippen LogP contribution in [0.15, 0.2) is 18.2 Å². The van der Waals surface area contributed by atoms with E-state index in [-0.39, 0.29) is 0 Å². The average molecular weight is 239 g/mol. The zero-order valence-corrected chi connectivity index (χ0v) is 10.7. The van der Waals surface area contributed by atoms with Crippen LogP contribution in [0.2, 0.25) is 5.02 Å². The predicted octanol–water partition coefficient (Wildman–Crippen LogP) is 3.15. The first-order valence-electron chi connectivity index (χ1n) is 5.84. The van der Waals surface area contributed by atoms with Gasteiger partial charge in [0.2, 0.25) is 0 Å². The van der Waals surface area contributed by atoms with Crippen molar-refractivity contribution < 1.29 is 0 Å². The molecule has 2 unspecified atom stereocenters. The van der Waals surface area contributed by atoms with Gasteiger partial charge in [0.15, 0.2) is 0 Å². The molecule has 1 aromatic rings. The van der Waals surface area contributed by atoms with E-state index in [1.807, 2.05) is 18.2 Å². The number of halogens is 1. The molecule has 2 rings (SSSR count). The van der Waals surface area contributed by atoms with Gasteiger partial charge in [-0.15, -0.1) is 0 Å². The maximum Gasteiger partial charge on any atom is 0.0452 e. The Morgan fingerprint density at radius 1 is 1.44 bits per heavy atom. The first-order chi connectivity index (χ1) is 7.56. The third kappa shape index (κ3) is 2.50. The summed E-state index contributed by atoms with van der Waals surface area (Å²) in [6.45, 7) is 6.66. The molecule has 2 atom stereocenters. The molecular formula is C13H19ClN2. The van der Waals surface area contributed by atoms with E-state index in [1.165, 1.54) is 6.42 Å². The van der Waals surface area contributed by atoms with Crippen LogP contribution in [0.5, 0.6) is 0 Å². The van der Waals surface area contributed by atoms with E-state index in [9.17, 15) is 0 Å².